The third kappa shape index (κ3) is 4.18. The van der Waals surface area contributed by atoms with Crippen molar-refractivity contribution in [2.75, 3.05) is 37.7 Å². The molecule has 0 aromatic heterocycles. The topological polar surface area (TPSA) is 60.9 Å². The fourth-order valence-electron chi connectivity index (χ4n) is 3.99. The lowest BCUT2D eigenvalue weighted by Crippen LogP contribution is -2.50. The van der Waals surface area contributed by atoms with Crippen molar-refractivity contribution < 1.29 is 13.5 Å². The van der Waals surface area contributed by atoms with E-state index in [1.807, 2.05) is 6.07 Å². The van der Waals surface area contributed by atoms with Gasteiger partial charge in [-0.1, -0.05) is 26.0 Å². The van der Waals surface area contributed by atoms with Crippen molar-refractivity contribution in [1.29, 1.82) is 0 Å². The zero-order valence-electron chi connectivity index (χ0n) is 15.5. The van der Waals surface area contributed by atoms with Gasteiger partial charge in [0, 0.05) is 44.3 Å². The minimum Gasteiger partial charge on any atom is -0.507 e. The number of aryl methyl sites for hydroxylation is 1. The molecular formula is C19H30N2O3S. The van der Waals surface area contributed by atoms with Crippen LogP contribution in [0.3, 0.4) is 0 Å². The zero-order chi connectivity index (χ0) is 18.2. The monoisotopic (exact) mass is 366 g/mol. The number of hydrogen-bond donors (Lipinski definition) is 1. The molecule has 0 saturated carbocycles. The quantitative estimate of drug-likeness (QED) is 0.885. The van der Waals surface area contributed by atoms with Crippen LogP contribution < -0.4 is 0 Å². The van der Waals surface area contributed by atoms with Crippen molar-refractivity contribution in [3.05, 3.63) is 28.8 Å². The molecule has 2 heterocycles. The molecule has 140 valence electrons. The number of aromatic hydroxyl groups is 1. The van der Waals surface area contributed by atoms with E-state index in [1.54, 1.807) is 0 Å². The third-order valence-electron chi connectivity index (χ3n) is 5.68. The first-order valence-electron chi connectivity index (χ1n) is 9.25. The Balaban J connectivity index is 1.62. The Labute approximate surface area is 151 Å². The lowest BCUT2D eigenvalue weighted by atomic mass is 9.95. The van der Waals surface area contributed by atoms with E-state index >= 15 is 0 Å². The molecular weight excluding hydrogens is 336 g/mol. The first-order chi connectivity index (χ1) is 11.8. The van der Waals surface area contributed by atoms with E-state index in [9.17, 15) is 13.5 Å². The number of rotatable bonds is 4. The molecule has 1 aromatic carbocycles. The second-order valence-electron chi connectivity index (χ2n) is 7.82. The maximum atomic E-state index is 11.7. The van der Waals surface area contributed by atoms with E-state index in [0.717, 1.165) is 55.8 Å². The molecule has 2 fully saturated rings. The highest BCUT2D eigenvalue weighted by Crippen LogP contribution is 2.32. The molecule has 0 bridgehead atoms. The summed E-state index contributed by atoms with van der Waals surface area (Å²) < 4.78 is 23.4. The van der Waals surface area contributed by atoms with Crippen LogP contribution in [0.1, 0.15) is 42.9 Å². The van der Waals surface area contributed by atoms with E-state index in [2.05, 4.69) is 36.6 Å². The summed E-state index contributed by atoms with van der Waals surface area (Å²) in [6.45, 7) is 10.7. The average Bonchev–Trinajstić information content (AvgIpc) is 2.91. The van der Waals surface area contributed by atoms with Crippen molar-refractivity contribution >= 4 is 9.84 Å². The molecule has 0 amide bonds. The van der Waals surface area contributed by atoms with Crippen LogP contribution in [-0.2, 0) is 16.4 Å². The number of hydrogen-bond acceptors (Lipinski definition) is 5. The second kappa shape index (κ2) is 7.25. The highest BCUT2D eigenvalue weighted by molar-refractivity contribution is 7.91. The number of piperazine rings is 1. The standard InChI is InChI=1S/C19H30N2O3S/c1-14(2)17-5-4-15(3)18(19(17)22)12-20-7-9-21(10-8-20)16-6-11-25(23,24)13-16/h4-5,14,16,22H,6-13H2,1-3H3. The summed E-state index contributed by atoms with van der Waals surface area (Å²) in [7, 11) is -2.82. The summed E-state index contributed by atoms with van der Waals surface area (Å²) in [4.78, 5) is 4.70. The van der Waals surface area contributed by atoms with E-state index in [-0.39, 0.29) is 6.04 Å². The Bertz CT molecular complexity index is 722. The van der Waals surface area contributed by atoms with Gasteiger partial charge < -0.3 is 5.11 Å². The average molecular weight is 367 g/mol. The lowest BCUT2D eigenvalue weighted by Gasteiger charge is -2.38. The van der Waals surface area contributed by atoms with Crippen LogP contribution in [0.5, 0.6) is 5.75 Å². The Kier molecular flexibility index (Phi) is 5.42. The molecule has 1 unspecified atom stereocenters. The Morgan fingerprint density at radius 1 is 1.20 bits per heavy atom. The van der Waals surface area contributed by atoms with Crippen LogP contribution in [-0.4, -0.2) is 67.1 Å². The van der Waals surface area contributed by atoms with Crippen molar-refractivity contribution in [3.8, 4) is 5.75 Å². The van der Waals surface area contributed by atoms with Gasteiger partial charge in [0.15, 0.2) is 9.84 Å². The lowest BCUT2D eigenvalue weighted by molar-refractivity contribution is 0.0993. The van der Waals surface area contributed by atoms with Gasteiger partial charge >= 0.3 is 0 Å². The molecule has 1 atom stereocenters. The van der Waals surface area contributed by atoms with Gasteiger partial charge in [-0.05, 0) is 30.4 Å². The molecule has 0 aliphatic carbocycles. The Morgan fingerprint density at radius 2 is 1.88 bits per heavy atom. The normalized spacial score (nSPS) is 24.9. The molecule has 2 aliphatic heterocycles. The summed E-state index contributed by atoms with van der Waals surface area (Å²) in [5, 5.41) is 10.6. The van der Waals surface area contributed by atoms with Gasteiger partial charge in [0.2, 0.25) is 0 Å². The minimum atomic E-state index is -2.82. The maximum Gasteiger partial charge on any atom is 0.151 e. The number of phenols is 1. The minimum absolute atomic E-state index is 0.201. The van der Waals surface area contributed by atoms with Crippen molar-refractivity contribution in [2.24, 2.45) is 0 Å². The largest absolute Gasteiger partial charge is 0.507 e. The van der Waals surface area contributed by atoms with Crippen molar-refractivity contribution in [2.45, 2.75) is 45.7 Å². The van der Waals surface area contributed by atoms with E-state index in [0.29, 0.717) is 23.2 Å². The van der Waals surface area contributed by atoms with Gasteiger partial charge in [0.1, 0.15) is 5.75 Å². The molecule has 0 radical (unpaired) electrons. The Hall–Kier alpha value is -1.11. The van der Waals surface area contributed by atoms with E-state index < -0.39 is 9.84 Å². The fourth-order valence-corrected chi connectivity index (χ4v) is 5.76. The molecule has 3 rings (SSSR count). The highest BCUT2D eigenvalue weighted by Gasteiger charge is 2.33. The van der Waals surface area contributed by atoms with Crippen LogP contribution in [0.25, 0.3) is 0 Å². The first-order valence-corrected chi connectivity index (χ1v) is 11.1. The SMILES string of the molecule is Cc1ccc(C(C)C)c(O)c1CN1CCN(C2CCS(=O)(=O)C2)CC1. The molecule has 6 heteroatoms. The summed E-state index contributed by atoms with van der Waals surface area (Å²) >= 11 is 0. The summed E-state index contributed by atoms with van der Waals surface area (Å²) in [5.41, 5.74) is 3.17. The molecule has 25 heavy (non-hydrogen) atoms. The third-order valence-corrected chi connectivity index (χ3v) is 7.43. The van der Waals surface area contributed by atoms with Gasteiger partial charge in [-0.3, -0.25) is 9.80 Å². The summed E-state index contributed by atoms with van der Waals surface area (Å²) in [6.07, 6.45) is 0.776. The van der Waals surface area contributed by atoms with Crippen molar-refractivity contribution in [3.63, 3.8) is 0 Å². The zero-order valence-corrected chi connectivity index (χ0v) is 16.3. The van der Waals surface area contributed by atoms with Gasteiger partial charge in [-0.25, -0.2) is 8.42 Å². The van der Waals surface area contributed by atoms with Crippen LogP contribution in [0.4, 0.5) is 0 Å². The Morgan fingerprint density at radius 3 is 2.44 bits per heavy atom. The van der Waals surface area contributed by atoms with Crippen LogP contribution in [0.2, 0.25) is 0 Å². The number of nitrogens with zero attached hydrogens (tertiary/aromatic N) is 2. The first kappa shape index (κ1) is 18.7. The van der Waals surface area contributed by atoms with Gasteiger partial charge in [0.05, 0.1) is 11.5 Å². The number of benzene rings is 1. The second-order valence-corrected chi connectivity index (χ2v) is 10.1. The summed E-state index contributed by atoms with van der Waals surface area (Å²) in [6, 6.07) is 4.33. The molecule has 0 spiro atoms. The van der Waals surface area contributed by atoms with Crippen LogP contribution in [0, 0.1) is 6.92 Å². The number of phenolic OH excluding ortho intramolecular Hbond substituents is 1. The molecule has 2 aliphatic rings. The maximum absolute atomic E-state index is 11.7. The predicted molar refractivity (Wildman–Crippen MR) is 101 cm³/mol. The van der Waals surface area contributed by atoms with Crippen LogP contribution in [0.15, 0.2) is 12.1 Å². The summed E-state index contributed by atoms with van der Waals surface area (Å²) in [5.74, 6) is 1.41. The smallest absolute Gasteiger partial charge is 0.151 e. The number of sulfone groups is 1. The van der Waals surface area contributed by atoms with Crippen molar-refractivity contribution in [1.82, 2.24) is 9.80 Å². The van der Waals surface area contributed by atoms with Gasteiger partial charge in [0.25, 0.3) is 0 Å². The predicted octanol–water partition coefficient (Wildman–Crippen LogP) is 2.13. The molecule has 2 saturated heterocycles. The van der Waals surface area contributed by atoms with Gasteiger partial charge in [-0.2, -0.15) is 0 Å². The molecule has 5 nitrogen and oxygen atoms in total. The van der Waals surface area contributed by atoms with E-state index in [1.165, 1.54) is 0 Å². The fraction of sp³-hybridized carbons (Fsp3) is 0.684. The van der Waals surface area contributed by atoms with E-state index in [4.69, 9.17) is 0 Å². The molecule has 1 N–H and O–H groups in total. The highest BCUT2D eigenvalue weighted by atomic mass is 32.2. The molecule has 1 aromatic rings. The van der Waals surface area contributed by atoms with Crippen LogP contribution >= 0.6 is 0 Å². The van der Waals surface area contributed by atoms with Gasteiger partial charge in [-0.15, -0.1) is 0 Å².